The van der Waals surface area contributed by atoms with Gasteiger partial charge in [0, 0.05) is 0 Å². The molecule has 0 aliphatic carbocycles. The molecule has 0 spiro atoms. The van der Waals surface area contributed by atoms with Gasteiger partial charge in [-0.1, -0.05) is 0 Å². The van der Waals surface area contributed by atoms with Crippen LogP contribution in [-0.2, 0) is 5.48 Å². The van der Waals surface area contributed by atoms with E-state index in [1.807, 2.05) is 0 Å². The van der Waals surface area contributed by atoms with Gasteiger partial charge in [0.05, 0.1) is 0 Å². The minimum atomic E-state index is -2.32. The zero-order chi connectivity index (χ0) is 9.72. The third-order valence-corrected chi connectivity index (χ3v) is 3.01. The first-order chi connectivity index (χ1) is 5.54. The predicted octanol–water partition coefficient (Wildman–Crippen LogP) is -3.19. The summed E-state index contributed by atoms with van der Waals surface area (Å²) in [7, 11) is 0. The van der Waals surface area contributed by atoms with Crippen LogP contribution in [0.3, 0.4) is 0 Å². The minimum absolute atomic E-state index is 0.728. The van der Waals surface area contributed by atoms with Crippen LogP contribution in [0.4, 0.5) is 0 Å². The molecule has 0 radical (unpaired) electrons. The maximum atomic E-state index is 10.2. The standard InChI is InChI=1S/C5H11O5.Cm.O/c6-1-3(8)5(10)4(9)2-7;;/h1,3-10H,2H2;;/t3-,4-,5+;;/m1../s1. The van der Waals surface area contributed by atoms with Crippen molar-refractivity contribution >= 4 is 0 Å². The molecule has 0 bridgehead atoms. The van der Waals surface area contributed by atoms with Crippen LogP contribution in [-0.4, -0.2) is 57.1 Å². The van der Waals surface area contributed by atoms with Gasteiger partial charge in [0.1, 0.15) is 0 Å². The summed E-state index contributed by atoms with van der Waals surface area (Å²) in [6, 6.07) is 0. The van der Waals surface area contributed by atoms with Gasteiger partial charge in [0.15, 0.2) is 0 Å². The van der Waals surface area contributed by atoms with E-state index in [1.54, 1.807) is 0 Å². The van der Waals surface area contributed by atoms with Gasteiger partial charge in [-0.25, -0.2) is 0 Å². The van der Waals surface area contributed by atoms with Crippen molar-refractivity contribution in [3.05, 3.63) is 0 Å². The van der Waals surface area contributed by atoms with Crippen molar-refractivity contribution in [3.63, 3.8) is 0 Å². The van der Waals surface area contributed by atoms with E-state index in [0.717, 1.165) is 0 Å². The summed E-state index contributed by atoms with van der Waals surface area (Å²) in [4.78, 5) is 0. The fraction of sp³-hybridized carbons (Fsp3) is 1.00. The van der Waals surface area contributed by atoms with Gasteiger partial charge in [0.25, 0.3) is 0 Å². The predicted molar refractivity (Wildman–Crippen MR) is 31.8 cm³/mol. The molecule has 4 atom stereocenters. The summed E-state index contributed by atoms with van der Waals surface area (Å²) < 4.78 is -2.32. The average Bonchev–Trinajstić information content (AvgIpc) is 2.12. The fourth-order valence-electron chi connectivity index (χ4n) is 0.543. The van der Waals surface area contributed by atoms with Crippen LogP contribution < -0.4 is 0 Å². The van der Waals surface area contributed by atoms with Gasteiger partial charge in [-0.15, -0.1) is 0 Å². The Morgan fingerprint density at radius 2 is 1.58 bits per heavy atom. The second-order valence-corrected chi connectivity index (χ2v) is 4.61. The van der Waals surface area contributed by atoms with Crippen molar-refractivity contribution in [2.45, 2.75) is 24.9 Å². The van der Waals surface area contributed by atoms with E-state index in [2.05, 4.69) is 0 Å². The van der Waals surface area contributed by atoms with Crippen LogP contribution in [0.25, 0.3) is 0 Å². The van der Waals surface area contributed by atoms with Gasteiger partial charge in [-0.05, 0) is 0 Å². The van der Waals surface area contributed by atoms with Crippen LogP contribution in [0.2, 0.25) is 0 Å². The molecule has 0 fully saturated rings. The van der Waals surface area contributed by atoms with Crippen LogP contribution in [0.15, 0.2) is 0 Å². The van der Waals surface area contributed by atoms with Crippen molar-refractivity contribution in [2.24, 2.45) is 0 Å². The Hall–Kier alpha value is -1.40. The first kappa shape index (κ1) is 10.6. The Bertz CT molecular complexity index is 142. The van der Waals surface area contributed by atoms with E-state index < -0.39 is 31.5 Å². The molecule has 0 aliphatic rings. The number of hydrogen-bond acceptors (Lipinski definition) is 6. The molecule has 0 rings (SSSR count). The maximum absolute atomic E-state index is 10.2. The molecule has 7 heteroatoms. The van der Waals surface area contributed by atoms with E-state index in [-0.39, 0.29) is 0 Å². The molecule has 0 aromatic carbocycles. The zero-order valence-electron chi connectivity index (χ0n) is 6.01. The second kappa shape index (κ2) is 4.47. The van der Waals surface area contributed by atoms with Gasteiger partial charge >= 0.3 is 62.5 Å². The summed E-state index contributed by atoms with van der Waals surface area (Å²) in [5.74, 6) is 0. The van der Waals surface area contributed by atoms with Crippen molar-refractivity contribution in [1.29, 1.82) is 0 Å². The molecule has 0 aromatic heterocycles. The molecule has 0 aromatic rings. The van der Waals surface area contributed by atoms with Crippen LogP contribution in [0.1, 0.15) is 0 Å². The molecular formula is C5H11CmO6. The van der Waals surface area contributed by atoms with Crippen LogP contribution in [0.5, 0.6) is 0 Å². The number of aliphatic hydroxyl groups is 5. The molecule has 0 saturated carbocycles. The number of rotatable bonds is 5. The molecule has 12 heavy (non-hydrogen) atoms. The summed E-state index contributed by atoms with van der Waals surface area (Å²) in [5.41, 5.74) is 10.2. The Labute approximate surface area is 63.7 Å². The molecule has 0 aliphatic heterocycles. The quantitative estimate of drug-likeness (QED) is 0.324. The first-order valence-corrected chi connectivity index (χ1v) is 6.01. The first-order valence-electron chi connectivity index (χ1n) is 3.11. The zero-order valence-corrected chi connectivity index (χ0v) is 8.96. The van der Waals surface area contributed by atoms with Crippen LogP contribution >= 0.6 is 0 Å². The molecule has 0 unspecified atom stereocenters. The SMILES string of the molecule is [O]=[Cm][C@H](O)[C@@H](O)[C@H](O)[C@H](O)CO. The van der Waals surface area contributed by atoms with E-state index >= 15 is 0 Å². The molecular weight excluding hydrogens is 403 g/mol. The molecule has 6 nitrogen and oxygen atoms in total. The Balaban J connectivity index is 4.07. The molecule has 0 saturated heterocycles. The van der Waals surface area contributed by atoms with Crippen molar-refractivity contribution in [3.8, 4) is 0 Å². The van der Waals surface area contributed by atoms with E-state index in [1.165, 1.54) is 0 Å². The van der Waals surface area contributed by atoms with E-state index in [0.29, 0.717) is 0 Å². The van der Waals surface area contributed by atoms with Crippen molar-refractivity contribution in [2.75, 3.05) is 6.61 Å². The van der Waals surface area contributed by atoms with Crippen LogP contribution in [0, 0.1) is 0 Å². The summed E-state index contributed by atoms with van der Waals surface area (Å²) >= 11 is 0. The van der Waals surface area contributed by atoms with Gasteiger partial charge in [0.2, 0.25) is 0 Å². The second-order valence-electron chi connectivity index (χ2n) is 2.17. The average molecular weight is 414 g/mol. The number of aliphatic hydroxyl groups excluding tert-OH is 5. The summed E-state index contributed by atoms with van der Waals surface area (Å²) in [6.07, 6.45) is -4.85. The third-order valence-electron chi connectivity index (χ3n) is 1.29. The fourth-order valence-corrected chi connectivity index (χ4v) is 1.53. The van der Waals surface area contributed by atoms with Gasteiger partial charge < -0.3 is 0 Å². The van der Waals surface area contributed by atoms with Crippen molar-refractivity contribution in [1.82, 2.24) is 0 Å². The molecule has 0 heterocycles. The molecule has 0 amide bonds. The molecule has 5 N–H and O–H groups in total. The Morgan fingerprint density at radius 1 is 1.08 bits per heavy atom. The van der Waals surface area contributed by atoms with Gasteiger partial charge in [-0.3, -0.25) is 0 Å². The van der Waals surface area contributed by atoms with E-state index in [4.69, 9.17) is 25.5 Å². The summed E-state index contributed by atoms with van der Waals surface area (Å²) in [5, 5.41) is 43.8. The number of hydrogen-bond donors (Lipinski definition) is 5. The topological polar surface area (TPSA) is 118 Å². The van der Waals surface area contributed by atoms with E-state index in [9.17, 15) is 5.48 Å². The Morgan fingerprint density at radius 3 is 1.92 bits per heavy atom. The Kier molecular flexibility index (Phi) is 3.95. The summed E-state index contributed by atoms with van der Waals surface area (Å²) in [6.45, 7) is -2.20. The van der Waals surface area contributed by atoms with Crippen molar-refractivity contribution < 1.29 is 31.0 Å². The monoisotopic (exact) mass is 410 g/mol. The molecule has 75 valence electrons. The normalized spacial score (nSPS) is 20.8. The third kappa shape index (κ3) is 2.33. The van der Waals surface area contributed by atoms with Gasteiger partial charge in [-0.2, -0.15) is 0 Å².